The van der Waals surface area contributed by atoms with E-state index in [2.05, 4.69) is 4.98 Å². The lowest BCUT2D eigenvalue weighted by Crippen LogP contribution is -2.28. The molecule has 0 aliphatic carbocycles. The number of nitrogens with two attached hydrogens (primary N) is 1. The van der Waals surface area contributed by atoms with E-state index in [9.17, 15) is 8.42 Å². The molecule has 0 unspecified atom stereocenters. The van der Waals surface area contributed by atoms with Gasteiger partial charge in [-0.2, -0.15) is 4.31 Å². The summed E-state index contributed by atoms with van der Waals surface area (Å²) in [7, 11) is -0.145. The van der Waals surface area contributed by atoms with Crippen LogP contribution in [-0.2, 0) is 30.2 Å². The van der Waals surface area contributed by atoms with E-state index in [0.717, 1.165) is 0 Å². The van der Waals surface area contributed by atoms with Gasteiger partial charge >= 0.3 is 0 Å². The Labute approximate surface area is 116 Å². The normalized spacial score (nSPS) is 12.2. The molecule has 104 valence electrons. The summed E-state index contributed by atoms with van der Waals surface area (Å²) < 4.78 is 28.0. The van der Waals surface area contributed by atoms with Gasteiger partial charge in [-0.15, -0.1) is 11.3 Å². The summed E-state index contributed by atoms with van der Waals surface area (Å²) >= 11 is 1.35. The van der Waals surface area contributed by atoms with Crippen molar-refractivity contribution in [2.24, 2.45) is 12.8 Å². The zero-order chi connectivity index (χ0) is 14.0. The number of aromatic nitrogens is 2. The van der Waals surface area contributed by atoms with E-state index in [1.54, 1.807) is 35.5 Å². The van der Waals surface area contributed by atoms with Crippen molar-refractivity contribution in [1.82, 2.24) is 13.9 Å². The summed E-state index contributed by atoms with van der Waals surface area (Å²) in [6, 6.07) is 1.59. The molecule has 0 amide bonds. The highest BCUT2D eigenvalue weighted by molar-refractivity contribution is 7.89. The topological polar surface area (TPSA) is 81.2 Å². The molecule has 2 aromatic heterocycles. The molecule has 2 rings (SSSR count). The van der Waals surface area contributed by atoms with Gasteiger partial charge in [-0.1, -0.05) is 0 Å². The number of nitrogens with zero attached hydrogens (tertiary/aromatic N) is 3. The quantitative estimate of drug-likeness (QED) is 0.884. The summed E-state index contributed by atoms with van der Waals surface area (Å²) in [6.07, 6.45) is 3.43. The van der Waals surface area contributed by atoms with Crippen molar-refractivity contribution in [3.8, 4) is 0 Å². The summed E-state index contributed by atoms with van der Waals surface area (Å²) in [5.74, 6) is 0.690. The summed E-state index contributed by atoms with van der Waals surface area (Å²) in [5.41, 5.74) is 5.56. The van der Waals surface area contributed by atoms with Crippen molar-refractivity contribution < 1.29 is 8.42 Å². The number of rotatable bonds is 5. The molecule has 2 N–H and O–H groups in total. The minimum atomic E-state index is -3.52. The number of thiophene rings is 1. The van der Waals surface area contributed by atoms with Crippen LogP contribution in [0.1, 0.15) is 10.7 Å². The lowest BCUT2D eigenvalue weighted by molar-refractivity contribution is 0.451. The molecule has 0 atom stereocenters. The second-order valence-corrected chi connectivity index (χ2v) is 7.14. The first-order valence-corrected chi connectivity index (χ1v) is 7.97. The van der Waals surface area contributed by atoms with E-state index in [1.165, 1.54) is 15.6 Å². The first kappa shape index (κ1) is 14.2. The lowest BCUT2D eigenvalue weighted by atomic mass is 10.5. The zero-order valence-corrected chi connectivity index (χ0v) is 12.4. The van der Waals surface area contributed by atoms with E-state index < -0.39 is 10.0 Å². The first-order chi connectivity index (χ1) is 8.96. The first-order valence-electron chi connectivity index (χ1n) is 5.65. The van der Waals surface area contributed by atoms with Crippen LogP contribution < -0.4 is 5.73 Å². The van der Waals surface area contributed by atoms with Gasteiger partial charge in [0, 0.05) is 37.9 Å². The fraction of sp³-hybridized carbons (Fsp3) is 0.364. The van der Waals surface area contributed by atoms with Gasteiger partial charge in [-0.25, -0.2) is 13.4 Å². The molecule has 0 aliphatic rings. The van der Waals surface area contributed by atoms with Crippen LogP contribution in [-0.4, -0.2) is 29.3 Å². The van der Waals surface area contributed by atoms with Gasteiger partial charge in [-0.3, -0.25) is 0 Å². The number of hydrogen-bond donors (Lipinski definition) is 1. The van der Waals surface area contributed by atoms with Gasteiger partial charge in [0.1, 0.15) is 5.82 Å². The van der Waals surface area contributed by atoms with Crippen molar-refractivity contribution >= 4 is 21.4 Å². The van der Waals surface area contributed by atoms with Gasteiger partial charge in [0.25, 0.3) is 0 Å². The molecule has 6 nitrogen and oxygen atoms in total. The van der Waals surface area contributed by atoms with Gasteiger partial charge in [0.2, 0.25) is 10.0 Å². The molecule has 0 saturated carbocycles. The Morgan fingerprint density at radius 2 is 2.26 bits per heavy atom. The molecule has 0 aliphatic heterocycles. The molecule has 0 fully saturated rings. The maximum Gasteiger partial charge on any atom is 0.244 e. The third-order valence-electron chi connectivity index (χ3n) is 2.86. The highest BCUT2D eigenvalue weighted by Crippen LogP contribution is 2.24. The highest BCUT2D eigenvalue weighted by atomic mass is 32.2. The predicted molar refractivity (Wildman–Crippen MR) is 74.1 cm³/mol. The third kappa shape index (κ3) is 2.71. The van der Waals surface area contributed by atoms with Crippen LogP contribution >= 0.6 is 11.3 Å². The van der Waals surface area contributed by atoms with Crippen molar-refractivity contribution in [3.05, 3.63) is 34.5 Å². The summed E-state index contributed by atoms with van der Waals surface area (Å²) in [6.45, 7) is 0.453. The van der Waals surface area contributed by atoms with Crippen molar-refractivity contribution in [2.45, 2.75) is 18.0 Å². The van der Waals surface area contributed by atoms with Crippen LogP contribution in [0.4, 0.5) is 0 Å². The predicted octanol–water partition coefficient (Wildman–Crippen LogP) is 0.761. The zero-order valence-electron chi connectivity index (χ0n) is 10.8. The maximum absolute atomic E-state index is 12.5. The van der Waals surface area contributed by atoms with E-state index in [0.29, 0.717) is 10.7 Å². The molecule has 0 radical (unpaired) electrons. The number of hydrogen-bond acceptors (Lipinski definition) is 5. The van der Waals surface area contributed by atoms with Crippen molar-refractivity contribution in [3.63, 3.8) is 0 Å². The fourth-order valence-electron chi connectivity index (χ4n) is 1.71. The molecular formula is C11H16N4O2S2. The third-order valence-corrected chi connectivity index (χ3v) is 5.82. The number of sulfonamides is 1. The Morgan fingerprint density at radius 3 is 2.84 bits per heavy atom. The van der Waals surface area contributed by atoms with E-state index in [-0.39, 0.29) is 18.0 Å². The van der Waals surface area contributed by atoms with Crippen LogP contribution in [0.15, 0.2) is 28.7 Å². The summed E-state index contributed by atoms with van der Waals surface area (Å²) in [5, 5.41) is 1.74. The minimum absolute atomic E-state index is 0.225. The average molecular weight is 300 g/mol. The van der Waals surface area contributed by atoms with Crippen LogP contribution in [0.5, 0.6) is 0 Å². The molecule has 8 heteroatoms. The molecule has 0 bridgehead atoms. The monoisotopic (exact) mass is 300 g/mol. The molecule has 0 spiro atoms. The molecule has 0 saturated heterocycles. The van der Waals surface area contributed by atoms with E-state index in [4.69, 9.17) is 5.73 Å². The summed E-state index contributed by atoms with van der Waals surface area (Å²) in [4.78, 5) is 5.09. The molecule has 19 heavy (non-hydrogen) atoms. The molecule has 2 aromatic rings. The average Bonchev–Trinajstić information content (AvgIpc) is 2.98. The second kappa shape index (κ2) is 5.41. The largest absolute Gasteiger partial charge is 0.337 e. The molecular weight excluding hydrogens is 284 g/mol. The molecule has 2 heterocycles. The fourth-order valence-corrected chi connectivity index (χ4v) is 4.14. The van der Waals surface area contributed by atoms with Gasteiger partial charge < -0.3 is 10.3 Å². The van der Waals surface area contributed by atoms with Crippen LogP contribution in [0, 0.1) is 0 Å². The van der Waals surface area contributed by atoms with Crippen molar-refractivity contribution in [1.29, 1.82) is 0 Å². The lowest BCUT2D eigenvalue weighted by Gasteiger charge is -2.17. The Balaban J connectivity index is 2.27. The maximum atomic E-state index is 12.5. The Hall–Kier alpha value is -1.22. The Morgan fingerprint density at radius 1 is 1.53 bits per heavy atom. The molecule has 0 aromatic carbocycles. The number of aryl methyl sites for hydroxylation is 1. The van der Waals surface area contributed by atoms with Gasteiger partial charge in [-0.05, 0) is 11.4 Å². The van der Waals surface area contributed by atoms with E-state index >= 15 is 0 Å². The van der Waals surface area contributed by atoms with Crippen LogP contribution in [0.2, 0.25) is 0 Å². The second-order valence-electron chi connectivity index (χ2n) is 4.13. The van der Waals surface area contributed by atoms with Crippen molar-refractivity contribution in [2.75, 3.05) is 7.05 Å². The van der Waals surface area contributed by atoms with Gasteiger partial charge in [0.05, 0.1) is 11.4 Å². The Bertz CT molecular complexity index is 660. The smallest absolute Gasteiger partial charge is 0.244 e. The Kier molecular flexibility index (Phi) is 4.04. The standard InChI is InChI=1S/C11H16N4O2S2/c1-14-5-4-13-11(14)8-15(2)19(16,17)10-3-6-18-9(10)7-12/h3-6H,7-8,12H2,1-2H3. The van der Waals surface area contributed by atoms with Crippen LogP contribution in [0.3, 0.4) is 0 Å². The van der Waals surface area contributed by atoms with Gasteiger partial charge in [0.15, 0.2) is 0 Å². The SMILES string of the molecule is CN(Cc1nccn1C)S(=O)(=O)c1ccsc1CN. The number of imidazole rings is 1. The van der Waals surface area contributed by atoms with E-state index in [1.807, 2.05) is 7.05 Å². The van der Waals surface area contributed by atoms with Crippen LogP contribution in [0.25, 0.3) is 0 Å². The minimum Gasteiger partial charge on any atom is -0.337 e. The highest BCUT2D eigenvalue weighted by Gasteiger charge is 2.25.